The fraction of sp³-hybridized carbons (Fsp3) is 0.333. The first-order valence-electron chi connectivity index (χ1n) is 5.48. The molecule has 4 nitrogen and oxygen atoms in total. The maximum Gasteiger partial charge on any atom is 0.148 e. The maximum atomic E-state index is 13.4. The van der Waals surface area contributed by atoms with Gasteiger partial charge < -0.3 is 5.73 Å². The molecule has 1 heterocycles. The van der Waals surface area contributed by atoms with Gasteiger partial charge in [-0.25, -0.2) is 14.1 Å². The van der Waals surface area contributed by atoms with Gasteiger partial charge in [0.2, 0.25) is 0 Å². The Morgan fingerprint density at radius 1 is 1.35 bits per heavy atom. The van der Waals surface area contributed by atoms with E-state index in [0.29, 0.717) is 11.5 Å². The standard InChI is InChI=1S/C12H15FN4/c1-7(2)12-15-8(3)16-17(12)9-4-5-11(14)10(13)6-9/h4-7H,14H2,1-3H3. The highest BCUT2D eigenvalue weighted by molar-refractivity contribution is 5.46. The van der Waals surface area contributed by atoms with Crippen molar-refractivity contribution in [2.24, 2.45) is 0 Å². The number of hydrogen-bond acceptors (Lipinski definition) is 3. The van der Waals surface area contributed by atoms with Crippen LogP contribution in [0.15, 0.2) is 18.2 Å². The highest BCUT2D eigenvalue weighted by atomic mass is 19.1. The van der Waals surface area contributed by atoms with E-state index in [9.17, 15) is 4.39 Å². The minimum Gasteiger partial charge on any atom is -0.396 e. The third kappa shape index (κ3) is 2.13. The minimum atomic E-state index is -0.439. The molecule has 1 aromatic heterocycles. The van der Waals surface area contributed by atoms with Crippen LogP contribution in [0.5, 0.6) is 0 Å². The summed E-state index contributed by atoms with van der Waals surface area (Å²) in [5, 5.41) is 4.27. The summed E-state index contributed by atoms with van der Waals surface area (Å²) in [5.41, 5.74) is 6.23. The highest BCUT2D eigenvalue weighted by Gasteiger charge is 2.13. The summed E-state index contributed by atoms with van der Waals surface area (Å²) in [7, 11) is 0. The summed E-state index contributed by atoms with van der Waals surface area (Å²) < 4.78 is 15.1. The Bertz CT molecular complexity index is 545. The molecular formula is C12H15FN4. The van der Waals surface area contributed by atoms with Crippen LogP contribution in [-0.4, -0.2) is 14.8 Å². The van der Waals surface area contributed by atoms with Crippen LogP contribution < -0.4 is 5.73 Å². The summed E-state index contributed by atoms with van der Waals surface area (Å²) in [4.78, 5) is 4.34. The maximum absolute atomic E-state index is 13.4. The quantitative estimate of drug-likeness (QED) is 0.812. The molecule has 0 radical (unpaired) electrons. The van der Waals surface area contributed by atoms with Crippen molar-refractivity contribution in [2.45, 2.75) is 26.7 Å². The van der Waals surface area contributed by atoms with E-state index in [-0.39, 0.29) is 11.6 Å². The number of aryl methyl sites for hydroxylation is 1. The summed E-state index contributed by atoms with van der Waals surface area (Å²) in [6, 6.07) is 4.64. The number of nitrogens with two attached hydrogens (primary N) is 1. The van der Waals surface area contributed by atoms with E-state index in [4.69, 9.17) is 5.73 Å². The predicted molar refractivity (Wildman–Crippen MR) is 64.6 cm³/mol. The van der Waals surface area contributed by atoms with Gasteiger partial charge in [-0.3, -0.25) is 0 Å². The fourth-order valence-corrected chi connectivity index (χ4v) is 1.64. The summed E-state index contributed by atoms with van der Waals surface area (Å²) in [5.74, 6) is 1.26. The van der Waals surface area contributed by atoms with Gasteiger partial charge in [-0.2, -0.15) is 5.10 Å². The Balaban J connectivity index is 2.55. The molecule has 0 unspecified atom stereocenters. The van der Waals surface area contributed by atoms with Crippen LogP contribution in [0, 0.1) is 12.7 Å². The molecule has 17 heavy (non-hydrogen) atoms. The summed E-state index contributed by atoms with van der Waals surface area (Å²) >= 11 is 0. The van der Waals surface area contributed by atoms with Gasteiger partial charge in [0, 0.05) is 12.0 Å². The van der Waals surface area contributed by atoms with E-state index in [1.54, 1.807) is 10.7 Å². The Morgan fingerprint density at radius 3 is 2.65 bits per heavy atom. The van der Waals surface area contributed by atoms with Crippen molar-refractivity contribution in [2.75, 3.05) is 5.73 Å². The first kappa shape index (κ1) is 11.6. The van der Waals surface area contributed by atoms with Crippen molar-refractivity contribution in [3.05, 3.63) is 35.7 Å². The van der Waals surface area contributed by atoms with Crippen LogP contribution in [0.1, 0.15) is 31.4 Å². The third-order valence-electron chi connectivity index (χ3n) is 2.48. The SMILES string of the molecule is Cc1nc(C(C)C)n(-c2ccc(N)c(F)c2)n1. The molecule has 0 amide bonds. The Kier molecular flexibility index (Phi) is 2.83. The van der Waals surface area contributed by atoms with Gasteiger partial charge in [0.25, 0.3) is 0 Å². The molecule has 0 aliphatic heterocycles. The lowest BCUT2D eigenvalue weighted by molar-refractivity contribution is 0.627. The third-order valence-corrected chi connectivity index (χ3v) is 2.48. The average molecular weight is 234 g/mol. The van der Waals surface area contributed by atoms with Gasteiger partial charge in [-0.15, -0.1) is 0 Å². The normalized spacial score (nSPS) is 11.1. The monoisotopic (exact) mass is 234 g/mol. The van der Waals surface area contributed by atoms with Gasteiger partial charge in [0.15, 0.2) is 0 Å². The van der Waals surface area contributed by atoms with Gasteiger partial charge in [0.05, 0.1) is 11.4 Å². The lowest BCUT2D eigenvalue weighted by atomic mass is 10.2. The molecule has 0 saturated heterocycles. The van der Waals surface area contributed by atoms with Crippen molar-refractivity contribution < 1.29 is 4.39 Å². The molecule has 0 atom stereocenters. The lowest BCUT2D eigenvalue weighted by Gasteiger charge is -2.08. The molecule has 0 fully saturated rings. The second kappa shape index (κ2) is 4.16. The van der Waals surface area contributed by atoms with Gasteiger partial charge in [-0.05, 0) is 19.1 Å². The van der Waals surface area contributed by atoms with Crippen LogP contribution in [0.2, 0.25) is 0 Å². The molecule has 1 aromatic carbocycles. The number of halogens is 1. The molecule has 0 spiro atoms. The van der Waals surface area contributed by atoms with Crippen molar-refractivity contribution in [1.82, 2.24) is 14.8 Å². The van der Waals surface area contributed by atoms with Gasteiger partial charge >= 0.3 is 0 Å². The zero-order chi connectivity index (χ0) is 12.6. The molecule has 2 aromatic rings. The van der Waals surface area contributed by atoms with Gasteiger partial charge in [-0.1, -0.05) is 13.8 Å². The van der Waals surface area contributed by atoms with E-state index < -0.39 is 5.82 Å². The molecule has 90 valence electrons. The molecule has 0 saturated carbocycles. The van der Waals surface area contributed by atoms with Crippen molar-refractivity contribution in [3.8, 4) is 5.69 Å². The molecule has 0 aliphatic rings. The first-order valence-corrected chi connectivity index (χ1v) is 5.48. The van der Waals surface area contributed by atoms with E-state index in [1.807, 2.05) is 20.8 Å². The zero-order valence-electron chi connectivity index (χ0n) is 10.1. The zero-order valence-corrected chi connectivity index (χ0v) is 10.1. The van der Waals surface area contributed by atoms with Crippen LogP contribution in [0.3, 0.4) is 0 Å². The highest BCUT2D eigenvalue weighted by Crippen LogP contribution is 2.20. The average Bonchev–Trinajstić information content (AvgIpc) is 2.64. The van der Waals surface area contributed by atoms with Crippen molar-refractivity contribution in [3.63, 3.8) is 0 Å². The second-order valence-electron chi connectivity index (χ2n) is 4.29. The molecule has 0 aliphatic carbocycles. The van der Waals surface area contributed by atoms with Crippen LogP contribution in [-0.2, 0) is 0 Å². The predicted octanol–water partition coefficient (Wildman–Crippen LogP) is 2.42. The number of hydrogen-bond donors (Lipinski definition) is 1. The number of aromatic nitrogens is 3. The topological polar surface area (TPSA) is 56.7 Å². The summed E-state index contributed by atoms with van der Waals surface area (Å²) in [6.45, 7) is 5.86. The molecule has 2 rings (SSSR count). The number of benzene rings is 1. The smallest absolute Gasteiger partial charge is 0.148 e. The Hall–Kier alpha value is -1.91. The number of anilines is 1. The summed E-state index contributed by atoms with van der Waals surface area (Å²) in [6.07, 6.45) is 0. The van der Waals surface area contributed by atoms with Gasteiger partial charge in [0.1, 0.15) is 17.5 Å². The number of rotatable bonds is 2. The van der Waals surface area contributed by atoms with E-state index >= 15 is 0 Å². The van der Waals surface area contributed by atoms with E-state index in [1.165, 1.54) is 12.1 Å². The Labute approximate surface area is 99.3 Å². The van der Waals surface area contributed by atoms with Crippen LogP contribution in [0.4, 0.5) is 10.1 Å². The van der Waals surface area contributed by atoms with Crippen molar-refractivity contribution >= 4 is 5.69 Å². The fourth-order valence-electron chi connectivity index (χ4n) is 1.64. The van der Waals surface area contributed by atoms with E-state index in [0.717, 1.165) is 5.82 Å². The minimum absolute atomic E-state index is 0.136. The van der Waals surface area contributed by atoms with Crippen molar-refractivity contribution in [1.29, 1.82) is 0 Å². The number of nitrogens with zero attached hydrogens (tertiary/aromatic N) is 3. The largest absolute Gasteiger partial charge is 0.396 e. The Morgan fingerprint density at radius 2 is 2.06 bits per heavy atom. The molecule has 2 N–H and O–H groups in total. The lowest BCUT2D eigenvalue weighted by Crippen LogP contribution is -2.05. The number of nitrogen functional groups attached to an aromatic ring is 1. The molecule has 0 bridgehead atoms. The van der Waals surface area contributed by atoms with E-state index in [2.05, 4.69) is 10.1 Å². The van der Waals surface area contributed by atoms with Crippen LogP contribution in [0.25, 0.3) is 5.69 Å². The first-order chi connectivity index (χ1) is 7.99. The van der Waals surface area contributed by atoms with Crippen LogP contribution >= 0.6 is 0 Å². The molecule has 5 heteroatoms. The molecular weight excluding hydrogens is 219 g/mol. The second-order valence-corrected chi connectivity index (χ2v) is 4.29.